The second-order valence-electron chi connectivity index (χ2n) is 4.04. The SMILES string of the molecule is CCNC(CCc1ccsc1)c1cnn(C)n1. The fourth-order valence-electron chi connectivity index (χ4n) is 1.87. The van der Waals surface area contributed by atoms with Crippen LogP contribution in [-0.4, -0.2) is 21.5 Å². The predicted molar refractivity (Wildman–Crippen MR) is 70.1 cm³/mol. The van der Waals surface area contributed by atoms with Crippen molar-refractivity contribution in [3.8, 4) is 0 Å². The number of aromatic nitrogens is 3. The van der Waals surface area contributed by atoms with Crippen LogP contribution in [0, 0.1) is 0 Å². The van der Waals surface area contributed by atoms with Crippen LogP contribution < -0.4 is 5.32 Å². The van der Waals surface area contributed by atoms with Gasteiger partial charge in [-0.25, -0.2) is 0 Å². The number of rotatable bonds is 6. The zero-order valence-corrected chi connectivity index (χ0v) is 11.1. The second kappa shape index (κ2) is 5.93. The third-order valence-electron chi connectivity index (χ3n) is 2.73. The van der Waals surface area contributed by atoms with Crippen LogP contribution >= 0.6 is 11.3 Å². The summed E-state index contributed by atoms with van der Waals surface area (Å²) >= 11 is 1.75. The standard InChI is InChI=1S/C12H18N4S/c1-3-13-11(12-8-14-16(2)15-12)5-4-10-6-7-17-9-10/h6-9,11,13H,3-5H2,1-2H3. The second-order valence-corrected chi connectivity index (χ2v) is 4.82. The molecule has 2 rings (SSSR count). The van der Waals surface area contributed by atoms with E-state index in [9.17, 15) is 0 Å². The van der Waals surface area contributed by atoms with Crippen LogP contribution in [0.4, 0.5) is 0 Å². The van der Waals surface area contributed by atoms with Gasteiger partial charge in [0.25, 0.3) is 0 Å². The molecule has 2 heterocycles. The number of nitrogens with zero attached hydrogens (tertiary/aromatic N) is 3. The molecule has 0 saturated carbocycles. The Hall–Kier alpha value is -1.20. The summed E-state index contributed by atoms with van der Waals surface area (Å²) in [5, 5.41) is 16.3. The zero-order chi connectivity index (χ0) is 12.1. The third kappa shape index (κ3) is 3.38. The maximum Gasteiger partial charge on any atom is 0.0996 e. The monoisotopic (exact) mass is 250 g/mol. The summed E-state index contributed by atoms with van der Waals surface area (Å²) in [6, 6.07) is 2.48. The van der Waals surface area contributed by atoms with E-state index in [0.29, 0.717) is 6.04 Å². The van der Waals surface area contributed by atoms with Gasteiger partial charge in [0.15, 0.2) is 0 Å². The van der Waals surface area contributed by atoms with Crippen molar-refractivity contribution in [2.75, 3.05) is 6.54 Å². The Bertz CT molecular complexity index is 435. The van der Waals surface area contributed by atoms with E-state index < -0.39 is 0 Å². The Kier molecular flexibility index (Phi) is 4.28. The molecule has 17 heavy (non-hydrogen) atoms. The fraction of sp³-hybridized carbons (Fsp3) is 0.500. The van der Waals surface area contributed by atoms with Crippen molar-refractivity contribution in [2.24, 2.45) is 7.05 Å². The summed E-state index contributed by atoms with van der Waals surface area (Å²) < 4.78 is 0. The Labute approximate surface area is 106 Å². The topological polar surface area (TPSA) is 42.7 Å². The van der Waals surface area contributed by atoms with Crippen molar-refractivity contribution in [1.29, 1.82) is 0 Å². The minimum Gasteiger partial charge on any atom is -0.309 e. The van der Waals surface area contributed by atoms with Crippen molar-refractivity contribution < 1.29 is 0 Å². The van der Waals surface area contributed by atoms with Crippen LogP contribution in [0.2, 0.25) is 0 Å². The van der Waals surface area contributed by atoms with Gasteiger partial charge in [-0.2, -0.15) is 26.3 Å². The molecule has 0 aliphatic carbocycles. The molecule has 1 N–H and O–H groups in total. The molecule has 0 saturated heterocycles. The Morgan fingerprint density at radius 3 is 3.00 bits per heavy atom. The minimum atomic E-state index is 0.300. The van der Waals surface area contributed by atoms with Crippen LogP contribution in [0.3, 0.4) is 0 Å². The Morgan fingerprint density at radius 2 is 2.41 bits per heavy atom. The summed E-state index contributed by atoms with van der Waals surface area (Å²) in [5.41, 5.74) is 2.44. The first-order valence-electron chi connectivity index (χ1n) is 5.90. The lowest BCUT2D eigenvalue weighted by Crippen LogP contribution is -2.22. The lowest BCUT2D eigenvalue weighted by molar-refractivity contribution is 0.495. The molecular formula is C12H18N4S. The van der Waals surface area contributed by atoms with E-state index in [1.807, 2.05) is 13.2 Å². The summed E-state index contributed by atoms with van der Waals surface area (Å²) in [7, 11) is 1.85. The highest BCUT2D eigenvalue weighted by Crippen LogP contribution is 2.18. The molecule has 0 fully saturated rings. The molecule has 2 aromatic rings. The van der Waals surface area contributed by atoms with E-state index in [1.54, 1.807) is 16.1 Å². The number of thiophene rings is 1. The molecule has 92 valence electrons. The highest BCUT2D eigenvalue weighted by Gasteiger charge is 2.13. The van der Waals surface area contributed by atoms with Crippen molar-refractivity contribution in [1.82, 2.24) is 20.3 Å². The molecule has 0 bridgehead atoms. The third-order valence-corrected chi connectivity index (χ3v) is 3.46. The van der Waals surface area contributed by atoms with Gasteiger partial charge in [-0.15, -0.1) is 0 Å². The molecular weight excluding hydrogens is 232 g/mol. The maximum atomic E-state index is 4.38. The van der Waals surface area contributed by atoms with E-state index >= 15 is 0 Å². The zero-order valence-electron chi connectivity index (χ0n) is 10.3. The molecule has 0 aromatic carbocycles. The van der Waals surface area contributed by atoms with Gasteiger partial charge >= 0.3 is 0 Å². The largest absolute Gasteiger partial charge is 0.309 e. The van der Waals surface area contributed by atoms with E-state index in [1.165, 1.54) is 5.56 Å². The van der Waals surface area contributed by atoms with E-state index in [0.717, 1.165) is 25.1 Å². The van der Waals surface area contributed by atoms with Gasteiger partial charge in [-0.1, -0.05) is 6.92 Å². The highest BCUT2D eigenvalue weighted by molar-refractivity contribution is 7.07. The van der Waals surface area contributed by atoms with Crippen LogP contribution in [0.1, 0.15) is 30.6 Å². The lowest BCUT2D eigenvalue weighted by atomic mass is 10.1. The van der Waals surface area contributed by atoms with Crippen LogP contribution in [0.5, 0.6) is 0 Å². The van der Waals surface area contributed by atoms with E-state index in [2.05, 4.69) is 39.3 Å². The van der Waals surface area contributed by atoms with Crippen molar-refractivity contribution in [2.45, 2.75) is 25.8 Å². The van der Waals surface area contributed by atoms with Crippen molar-refractivity contribution in [3.05, 3.63) is 34.3 Å². The van der Waals surface area contributed by atoms with Crippen LogP contribution in [0.25, 0.3) is 0 Å². The fourth-order valence-corrected chi connectivity index (χ4v) is 2.57. The normalized spacial score (nSPS) is 12.8. The van der Waals surface area contributed by atoms with Gasteiger partial charge < -0.3 is 5.32 Å². The Morgan fingerprint density at radius 1 is 1.53 bits per heavy atom. The molecule has 0 radical (unpaired) electrons. The molecule has 4 nitrogen and oxygen atoms in total. The summed E-state index contributed by atoms with van der Waals surface area (Å²) in [4.78, 5) is 1.62. The molecule has 0 spiro atoms. The highest BCUT2D eigenvalue weighted by atomic mass is 32.1. The summed E-state index contributed by atoms with van der Waals surface area (Å²) in [6.07, 6.45) is 3.99. The van der Waals surface area contributed by atoms with Crippen molar-refractivity contribution in [3.63, 3.8) is 0 Å². The molecule has 1 atom stereocenters. The van der Waals surface area contributed by atoms with Crippen LogP contribution in [0.15, 0.2) is 23.0 Å². The molecule has 0 aliphatic heterocycles. The molecule has 0 amide bonds. The number of hydrogen-bond acceptors (Lipinski definition) is 4. The van der Waals surface area contributed by atoms with Crippen molar-refractivity contribution >= 4 is 11.3 Å². The first-order chi connectivity index (χ1) is 8.29. The Balaban J connectivity index is 1.97. The van der Waals surface area contributed by atoms with Crippen LogP contribution in [-0.2, 0) is 13.5 Å². The van der Waals surface area contributed by atoms with Gasteiger partial charge in [-0.05, 0) is 41.8 Å². The number of hydrogen-bond donors (Lipinski definition) is 1. The molecule has 2 aromatic heterocycles. The summed E-state index contributed by atoms with van der Waals surface area (Å²) in [6.45, 7) is 3.07. The van der Waals surface area contributed by atoms with Gasteiger partial charge in [0.2, 0.25) is 0 Å². The first-order valence-corrected chi connectivity index (χ1v) is 6.84. The summed E-state index contributed by atoms with van der Waals surface area (Å²) in [5.74, 6) is 0. The average Bonchev–Trinajstić information content (AvgIpc) is 2.95. The molecule has 0 aliphatic rings. The number of nitrogens with one attached hydrogen (secondary N) is 1. The van der Waals surface area contributed by atoms with Gasteiger partial charge in [0.05, 0.1) is 17.9 Å². The van der Waals surface area contributed by atoms with Gasteiger partial charge in [-0.3, -0.25) is 0 Å². The minimum absolute atomic E-state index is 0.300. The molecule has 1 unspecified atom stereocenters. The average molecular weight is 250 g/mol. The predicted octanol–water partition coefficient (Wildman–Crippen LogP) is 2.16. The molecule has 5 heteroatoms. The number of aryl methyl sites for hydroxylation is 2. The maximum absolute atomic E-state index is 4.38. The van der Waals surface area contributed by atoms with E-state index in [-0.39, 0.29) is 0 Å². The van der Waals surface area contributed by atoms with Gasteiger partial charge in [0.1, 0.15) is 0 Å². The lowest BCUT2D eigenvalue weighted by Gasteiger charge is -2.14. The van der Waals surface area contributed by atoms with Gasteiger partial charge in [0, 0.05) is 7.05 Å². The quantitative estimate of drug-likeness (QED) is 0.854. The smallest absolute Gasteiger partial charge is 0.0996 e. The van der Waals surface area contributed by atoms with E-state index in [4.69, 9.17) is 0 Å². The first kappa shape index (κ1) is 12.3.